The number of benzene rings is 1. The molecule has 18 heavy (non-hydrogen) atoms. The van der Waals surface area contributed by atoms with Gasteiger partial charge in [-0.1, -0.05) is 51.5 Å². The summed E-state index contributed by atoms with van der Waals surface area (Å²) in [4.78, 5) is 0. The molecule has 0 aliphatic rings. The molecule has 0 amide bonds. The van der Waals surface area contributed by atoms with Gasteiger partial charge < -0.3 is 5.32 Å². The second-order valence-electron chi connectivity index (χ2n) is 4.64. The third kappa shape index (κ3) is 6.24. The van der Waals surface area contributed by atoms with Crippen molar-refractivity contribution in [3.8, 4) is 0 Å². The number of hydrogen-bond acceptors (Lipinski definition) is 1. The molecule has 0 bridgehead atoms. The molecule has 0 heterocycles. The zero-order valence-electron chi connectivity index (χ0n) is 11.1. The molecule has 1 aromatic carbocycles. The molecule has 1 N–H and O–H groups in total. The Kier molecular flexibility index (Phi) is 8.78. The summed E-state index contributed by atoms with van der Waals surface area (Å²) in [7, 11) is 0. The molecule has 0 unspecified atom stereocenters. The van der Waals surface area contributed by atoms with Crippen molar-refractivity contribution in [1.29, 1.82) is 0 Å². The van der Waals surface area contributed by atoms with E-state index >= 15 is 0 Å². The van der Waals surface area contributed by atoms with Crippen LogP contribution in [0.25, 0.3) is 0 Å². The maximum Gasteiger partial charge on any atom is 0.0628 e. The van der Waals surface area contributed by atoms with Crippen LogP contribution in [-0.2, 0) is 0 Å². The van der Waals surface area contributed by atoms with E-state index in [4.69, 9.17) is 0 Å². The molecule has 0 aliphatic carbocycles. The van der Waals surface area contributed by atoms with E-state index in [1.165, 1.54) is 50.6 Å². The van der Waals surface area contributed by atoms with Crippen LogP contribution < -0.4 is 5.32 Å². The lowest BCUT2D eigenvalue weighted by atomic mass is 10.1. The Labute approximate surface area is 128 Å². The van der Waals surface area contributed by atoms with Gasteiger partial charge in [0.25, 0.3) is 0 Å². The monoisotopic (exact) mass is 375 g/mol. The summed E-state index contributed by atoms with van der Waals surface area (Å²) in [5.41, 5.74) is 1.17. The quantitative estimate of drug-likeness (QED) is 0.493. The van der Waals surface area contributed by atoms with Gasteiger partial charge in [0.1, 0.15) is 0 Å². The van der Waals surface area contributed by atoms with E-state index in [1.807, 2.05) is 6.07 Å². The first kappa shape index (κ1) is 16.0. The van der Waals surface area contributed by atoms with Crippen LogP contribution in [0.3, 0.4) is 0 Å². The Hall–Kier alpha value is -0.0200. The molecule has 0 aliphatic heterocycles. The molecular weight excluding hydrogens is 354 g/mol. The average molecular weight is 377 g/mol. The van der Waals surface area contributed by atoms with Crippen molar-refractivity contribution in [2.45, 2.75) is 51.9 Å². The predicted molar refractivity (Wildman–Crippen MR) is 88.3 cm³/mol. The molecule has 3 heteroatoms. The number of hydrogen-bond donors (Lipinski definition) is 1. The topological polar surface area (TPSA) is 12.0 Å². The van der Waals surface area contributed by atoms with Crippen molar-refractivity contribution in [1.82, 2.24) is 0 Å². The number of halogens is 2. The summed E-state index contributed by atoms with van der Waals surface area (Å²) in [5, 5.41) is 3.49. The van der Waals surface area contributed by atoms with Crippen LogP contribution in [0.1, 0.15) is 51.9 Å². The van der Waals surface area contributed by atoms with Crippen LogP contribution in [0.15, 0.2) is 27.1 Å². The van der Waals surface area contributed by atoms with Crippen molar-refractivity contribution in [2.75, 3.05) is 11.9 Å². The zero-order valence-corrected chi connectivity index (χ0v) is 14.3. The van der Waals surface area contributed by atoms with E-state index in [-0.39, 0.29) is 0 Å². The molecule has 1 nitrogen and oxygen atoms in total. The van der Waals surface area contributed by atoms with Gasteiger partial charge >= 0.3 is 0 Å². The Bertz CT molecular complexity index is 319. The maximum absolute atomic E-state index is 3.57. The predicted octanol–water partition coefficient (Wildman–Crippen LogP) is 6.37. The van der Waals surface area contributed by atoms with Gasteiger partial charge in [0.15, 0.2) is 0 Å². The second kappa shape index (κ2) is 9.85. The summed E-state index contributed by atoms with van der Waals surface area (Å²) >= 11 is 7.13. The number of unbranched alkanes of at least 4 members (excludes halogenated alkanes) is 6. The summed E-state index contributed by atoms with van der Waals surface area (Å²) in [5.74, 6) is 0. The van der Waals surface area contributed by atoms with Gasteiger partial charge in [-0.05, 0) is 50.4 Å². The summed E-state index contributed by atoms with van der Waals surface area (Å²) < 4.78 is 2.25. The first-order valence-corrected chi connectivity index (χ1v) is 8.52. The van der Waals surface area contributed by atoms with E-state index in [2.05, 4.69) is 56.2 Å². The standard InChI is InChI=1S/C15H23Br2N/c1-2-3-4-5-6-7-8-12-18-15-13(16)10-9-11-14(15)17/h9-11,18H,2-8,12H2,1H3. The molecule has 0 saturated carbocycles. The van der Waals surface area contributed by atoms with Gasteiger partial charge in [0, 0.05) is 15.5 Å². The highest BCUT2D eigenvalue weighted by atomic mass is 79.9. The van der Waals surface area contributed by atoms with E-state index in [9.17, 15) is 0 Å². The molecular formula is C15H23Br2N. The Morgan fingerprint density at radius 1 is 0.889 bits per heavy atom. The highest BCUT2D eigenvalue weighted by Crippen LogP contribution is 2.30. The molecule has 0 spiro atoms. The minimum atomic E-state index is 1.05. The summed E-state index contributed by atoms with van der Waals surface area (Å²) in [6.07, 6.45) is 9.48. The molecule has 0 atom stereocenters. The first-order valence-electron chi connectivity index (χ1n) is 6.93. The number of rotatable bonds is 9. The third-order valence-corrected chi connectivity index (χ3v) is 4.37. The highest BCUT2D eigenvalue weighted by molar-refractivity contribution is 9.11. The fourth-order valence-corrected chi connectivity index (χ4v) is 3.24. The lowest BCUT2D eigenvalue weighted by molar-refractivity contribution is 0.596. The largest absolute Gasteiger partial charge is 0.383 e. The molecule has 0 saturated heterocycles. The Balaban J connectivity index is 2.11. The Morgan fingerprint density at radius 3 is 2.06 bits per heavy atom. The molecule has 0 fully saturated rings. The van der Waals surface area contributed by atoms with E-state index in [1.54, 1.807) is 0 Å². The second-order valence-corrected chi connectivity index (χ2v) is 6.35. The smallest absolute Gasteiger partial charge is 0.0628 e. The van der Waals surface area contributed by atoms with Gasteiger partial charge in [-0.25, -0.2) is 0 Å². The van der Waals surface area contributed by atoms with Crippen molar-refractivity contribution in [2.24, 2.45) is 0 Å². The van der Waals surface area contributed by atoms with Gasteiger partial charge in [-0.15, -0.1) is 0 Å². The molecule has 0 radical (unpaired) electrons. The molecule has 0 aromatic heterocycles. The third-order valence-electron chi connectivity index (χ3n) is 3.04. The molecule has 1 aromatic rings. The van der Waals surface area contributed by atoms with Crippen molar-refractivity contribution >= 4 is 37.5 Å². The van der Waals surface area contributed by atoms with Crippen LogP contribution in [0.5, 0.6) is 0 Å². The zero-order chi connectivity index (χ0) is 13.2. The molecule has 1 rings (SSSR count). The minimum absolute atomic E-state index is 1.05. The average Bonchev–Trinajstić information content (AvgIpc) is 2.35. The van der Waals surface area contributed by atoms with Gasteiger partial charge in [-0.3, -0.25) is 0 Å². The van der Waals surface area contributed by atoms with E-state index in [0.717, 1.165) is 15.5 Å². The van der Waals surface area contributed by atoms with Crippen LogP contribution in [0, 0.1) is 0 Å². The summed E-state index contributed by atoms with van der Waals surface area (Å²) in [6.45, 7) is 3.31. The van der Waals surface area contributed by atoms with Crippen LogP contribution in [0.2, 0.25) is 0 Å². The van der Waals surface area contributed by atoms with E-state index in [0.29, 0.717) is 0 Å². The van der Waals surface area contributed by atoms with Gasteiger partial charge in [-0.2, -0.15) is 0 Å². The van der Waals surface area contributed by atoms with Crippen molar-refractivity contribution in [3.05, 3.63) is 27.1 Å². The minimum Gasteiger partial charge on any atom is -0.383 e. The number of para-hydroxylation sites is 1. The Morgan fingerprint density at radius 2 is 1.44 bits per heavy atom. The van der Waals surface area contributed by atoms with E-state index < -0.39 is 0 Å². The summed E-state index contributed by atoms with van der Waals surface area (Å²) in [6, 6.07) is 6.17. The fraction of sp³-hybridized carbons (Fsp3) is 0.600. The lowest BCUT2D eigenvalue weighted by Gasteiger charge is -2.10. The number of anilines is 1. The lowest BCUT2D eigenvalue weighted by Crippen LogP contribution is -2.02. The SMILES string of the molecule is CCCCCCCCCNc1c(Br)cccc1Br. The first-order chi connectivity index (χ1) is 8.75. The van der Waals surface area contributed by atoms with Crippen molar-refractivity contribution < 1.29 is 0 Å². The normalized spacial score (nSPS) is 10.6. The van der Waals surface area contributed by atoms with Crippen LogP contribution in [0.4, 0.5) is 5.69 Å². The van der Waals surface area contributed by atoms with Gasteiger partial charge in [0.2, 0.25) is 0 Å². The fourth-order valence-electron chi connectivity index (χ4n) is 1.96. The number of nitrogens with one attached hydrogen (secondary N) is 1. The van der Waals surface area contributed by atoms with Crippen LogP contribution in [-0.4, -0.2) is 6.54 Å². The maximum atomic E-state index is 3.57. The molecule has 102 valence electrons. The van der Waals surface area contributed by atoms with Crippen molar-refractivity contribution in [3.63, 3.8) is 0 Å². The highest BCUT2D eigenvalue weighted by Gasteiger charge is 2.02. The van der Waals surface area contributed by atoms with Crippen LogP contribution >= 0.6 is 31.9 Å². The van der Waals surface area contributed by atoms with Gasteiger partial charge in [0.05, 0.1) is 5.69 Å².